The first kappa shape index (κ1) is 16.9. The Bertz CT molecular complexity index is 927. The Labute approximate surface area is 146 Å². The zero-order valence-corrected chi connectivity index (χ0v) is 14.8. The number of rotatable bonds is 5. The zero-order chi connectivity index (χ0) is 18.0. The van der Waals surface area contributed by atoms with Crippen molar-refractivity contribution in [1.82, 2.24) is 0 Å². The molecule has 1 N–H and O–H groups in total. The Morgan fingerprint density at radius 3 is 2.56 bits per heavy atom. The maximum Gasteiger partial charge on any atom is 0.229 e. The third kappa shape index (κ3) is 3.45. The van der Waals surface area contributed by atoms with Gasteiger partial charge in [0.2, 0.25) is 5.91 Å². The molecule has 0 fully saturated rings. The van der Waals surface area contributed by atoms with E-state index in [0.29, 0.717) is 17.2 Å². The molecule has 5 nitrogen and oxygen atoms in total. The molecular weight excluding hydrogens is 318 g/mol. The van der Waals surface area contributed by atoms with Gasteiger partial charge in [0.05, 0.1) is 32.6 Å². The Morgan fingerprint density at radius 1 is 1.08 bits per heavy atom. The van der Waals surface area contributed by atoms with Crippen LogP contribution in [0.5, 0.6) is 11.5 Å². The van der Waals surface area contributed by atoms with E-state index in [9.17, 15) is 4.79 Å². The van der Waals surface area contributed by atoms with Gasteiger partial charge in [0, 0.05) is 17.0 Å². The number of ether oxygens (including phenoxy) is 2. The van der Waals surface area contributed by atoms with Crippen molar-refractivity contribution in [3.05, 3.63) is 53.3 Å². The smallest absolute Gasteiger partial charge is 0.229 e. The van der Waals surface area contributed by atoms with Gasteiger partial charge in [-0.05, 0) is 49.2 Å². The lowest BCUT2D eigenvalue weighted by atomic mass is 10.0. The lowest BCUT2D eigenvalue weighted by Crippen LogP contribution is -2.15. The molecular formula is C20H21NO4. The van der Waals surface area contributed by atoms with Crippen molar-refractivity contribution in [3.8, 4) is 11.5 Å². The van der Waals surface area contributed by atoms with E-state index in [0.717, 1.165) is 16.5 Å². The van der Waals surface area contributed by atoms with Crippen LogP contribution in [0.1, 0.15) is 16.7 Å². The van der Waals surface area contributed by atoms with Crippen LogP contribution in [0.25, 0.3) is 11.0 Å². The number of fused-ring (bicyclic) bond motifs is 1. The number of hydrogen-bond acceptors (Lipinski definition) is 4. The second-order valence-corrected chi connectivity index (χ2v) is 5.98. The van der Waals surface area contributed by atoms with Gasteiger partial charge in [0.25, 0.3) is 0 Å². The molecule has 0 aliphatic heterocycles. The third-order valence-corrected chi connectivity index (χ3v) is 4.30. The SMILES string of the molecule is COc1ccc(OC)c(NC(=O)Cc2coc3cc(C)c(C)cc23)c1. The van der Waals surface area contributed by atoms with Crippen molar-refractivity contribution >= 4 is 22.6 Å². The summed E-state index contributed by atoms with van der Waals surface area (Å²) in [4.78, 5) is 12.5. The molecule has 0 atom stereocenters. The molecule has 0 spiro atoms. The van der Waals surface area contributed by atoms with Crippen LogP contribution in [-0.4, -0.2) is 20.1 Å². The van der Waals surface area contributed by atoms with Crippen LogP contribution in [0.4, 0.5) is 5.69 Å². The number of aryl methyl sites for hydroxylation is 2. The number of carbonyl (C=O) groups excluding carboxylic acids is 1. The van der Waals surface area contributed by atoms with Gasteiger partial charge in [0.15, 0.2) is 0 Å². The third-order valence-electron chi connectivity index (χ3n) is 4.30. The number of carbonyl (C=O) groups is 1. The molecule has 2 aromatic carbocycles. The van der Waals surface area contributed by atoms with E-state index in [1.165, 1.54) is 11.1 Å². The number of hydrogen-bond donors (Lipinski definition) is 1. The van der Waals surface area contributed by atoms with E-state index < -0.39 is 0 Å². The Balaban J connectivity index is 1.83. The molecule has 3 aromatic rings. The van der Waals surface area contributed by atoms with Gasteiger partial charge in [-0.1, -0.05) is 0 Å². The molecule has 130 valence electrons. The predicted molar refractivity (Wildman–Crippen MR) is 97.6 cm³/mol. The molecule has 0 bridgehead atoms. The van der Waals surface area contributed by atoms with Crippen molar-refractivity contribution in [2.24, 2.45) is 0 Å². The fourth-order valence-electron chi connectivity index (χ4n) is 2.75. The molecule has 1 amide bonds. The molecule has 0 unspecified atom stereocenters. The summed E-state index contributed by atoms with van der Waals surface area (Å²) >= 11 is 0. The summed E-state index contributed by atoms with van der Waals surface area (Å²) < 4.78 is 16.1. The van der Waals surface area contributed by atoms with Gasteiger partial charge in [-0.3, -0.25) is 4.79 Å². The van der Waals surface area contributed by atoms with Crippen LogP contribution in [-0.2, 0) is 11.2 Å². The maximum absolute atomic E-state index is 12.5. The van der Waals surface area contributed by atoms with Gasteiger partial charge in [-0.2, -0.15) is 0 Å². The zero-order valence-electron chi connectivity index (χ0n) is 14.8. The van der Waals surface area contributed by atoms with Crippen molar-refractivity contribution in [1.29, 1.82) is 0 Å². The summed E-state index contributed by atoms with van der Waals surface area (Å²) in [6.45, 7) is 4.09. The average Bonchev–Trinajstić information content (AvgIpc) is 2.96. The highest BCUT2D eigenvalue weighted by Crippen LogP contribution is 2.30. The fraction of sp³-hybridized carbons (Fsp3) is 0.250. The molecule has 0 saturated heterocycles. The second kappa shape index (κ2) is 6.89. The Morgan fingerprint density at radius 2 is 1.84 bits per heavy atom. The first-order valence-corrected chi connectivity index (χ1v) is 8.01. The second-order valence-electron chi connectivity index (χ2n) is 5.98. The topological polar surface area (TPSA) is 60.7 Å². The number of anilines is 1. The van der Waals surface area contributed by atoms with Crippen molar-refractivity contribution in [3.63, 3.8) is 0 Å². The van der Waals surface area contributed by atoms with E-state index in [1.54, 1.807) is 38.7 Å². The van der Waals surface area contributed by atoms with Gasteiger partial charge in [-0.25, -0.2) is 0 Å². The molecule has 1 aromatic heterocycles. The van der Waals surface area contributed by atoms with Crippen molar-refractivity contribution in [2.45, 2.75) is 20.3 Å². The highest BCUT2D eigenvalue weighted by molar-refractivity contribution is 5.96. The molecule has 0 aliphatic carbocycles. The van der Waals surface area contributed by atoms with Crippen LogP contribution >= 0.6 is 0 Å². The van der Waals surface area contributed by atoms with Crippen LogP contribution in [0.15, 0.2) is 41.0 Å². The summed E-state index contributed by atoms with van der Waals surface area (Å²) in [5.41, 5.74) is 4.57. The lowest BCUT2D eigenvalue weighted by Gasteiger charge is -2.11. The molecule has 0 saturated carbocycles. The first-order chi connectivity index (χ1) is 12.0. The summed E-state index contributed by atoms with van der Waals surface area (Å²) in [6, 6.07) is 9.33. The van der Waals surface area contributed by atoms with Gasteiger partial charge >= 0.3 is 0 Å². The maximum atomic E-state index is 12.5. The summed E-state index contributed by atoms with van der Waals surface area (Å²) in [5, 5.41) is 3.85. The van der Waals surface area contributed by atoms with Crippen LogP contribution in [0.3, 0.4) is 0 Å². The molecule has 3 rings (SSSR count). The summed E-state index contributed by atoms with van der Waals surface area (Å²) in [7, 11) is 3.14. The molecule has 1 heterocycles. The highest BCUT2D eigenvalue weighted by Gasteiger charge is 2.14. The minimum absolute atomic E-state index is 0.146. The number of furan rings is 1. The Hall–Kier alpha value is -2.95. The van der Waals surface area contributed by atoms with Gasteiger partial charge in [0.1, 0.15) is 17.1 Å². The van der Waals surface area contributed by atoms with Crippen molar-refractivity contribution in [2.75, 3.05) is 19.5 Å². The Kier molecular flexibility index (Phi) is 4.65. The van der Waals surface area contributed by atoms with Crippen LogP contribution in [0, 0.1) is 13.8 Å². The normalized spacial score (nSPS) is 10.7. The van der Waals surface area contributed by atoms with E-state index in [2.05, 4.69) is 11.4 Å². The van der Waals surface area contributed by atoms with E-state index in [4.69, 9.17) is 13.9 Å². The summed E-state index contributed by atoms with van der Waals surface area (Å²) in [5.74, 6) is 1.08. The van der Waals surface area contributed by atoms with Crippen molar-refractivity contribution < 1.29 is 18.7 Å². The fourth-order valence-corrected chi connectivity index (χ4v) is 2.75. The molecule has 0 radical (unpaired) electrons. The van der Waals surface area contributed by atoms with Gasteiger partial charge < -0.3 is 19.2 Å². The number of methoxy groups -OCH3 is 2. The molecule has 5 heteroatoms. The number of amides is 1. The minimum atomic E-state index is -0.146. The van der Waals surface area contributed by atoms with E-state index >= 15 is 0 Å². The van der Waals surface area contributed by atoms with Crippen LogP contribution in [0.2, 0.25) is 0 Å². The number of nitrogens with one attached hydrogen (secondary N) is 1. The first-order valence-electron chi connectivity index (χ1n) is 8.01. The quantitative estimate of drug-likeness (QED) is 0.755. The highest BCUT2D eigenvalue weighted by atomic mass is 16.5. The van der Waals surface area contributed by atoms with Crippen LogP contribution < -0.4 is 14.8 Å². The molecule has 25 heavy (non-hydrogen) atoms. The monoisotopic (exact) mass is 339 g/mol. The standard InChI is InChI=1S/C20H21NO4/c1-12-7-16-14(11-25-19(16)8-13(12)2)9-20(22)21-17-10-15(23-3)5-6-18(17)24-4/h5-8,10-11H,9H2,1-4H3,(H,21,22). The largest absolute Gasteiger partial charge is 0.497 e. The average molecular weight is 339 g/mol. The lowest BCUT2D eigenvalue weighted by molar-refractivity contribution is -0.115. The number of benzene rings is 2. The summed E-state index contributed by atoms with van der Waals surface area (Å²) in [6.07, 6.45) is 1.86. The predicted octanol–water partition coefficient (Wildman–Crippen LogP) is 4.25. The minimum Gasteiger partial charge on any atom is -0.497 e. The van der Waals surface area contributed by atoms with E-state index in [-0.39, 0.29) is 12.3 Å². The molecule has 0 aliphatic rings. The van der Waals surface area contributed by atoms with Gasteiger partial charge in [-0.15, -0.1) is 0 Å². The van der Waals surface area contributed by atoms with E-state index in [1.807, 2.05) is 19.9 Å².